The van der Waals surface area contributed by atoms with Gasteiger partial charge in [-0.3, -0.25) is 10.1 Å². The second-order valence-electron chi connectivity index (χ2n) is 5.16. The molecule has 0 unspecified atom stereocenters. The first-order valence-electron chi connectivity index (χ1n) is 6.17. The molecule has 0 bridgehead atoms. The maximum atomic E-state index is 11.4. The Morgan fingerprint density at radius 2 is 1.93 bits per heavy atom. The summed E-state index contributed by atoms with van der Waals surface area (Å²) in [6.45, 7) is 2.20. The summed E-state index contributed by atoms with van der Waals surface area (Å²) in [6.07, 6.45) is 7.29. The first-order chi connectivity index (χ1) is 7.16. The van der Waals surface area contributed by atoms with Crippen LogP contribution < -0.4 is 5.32 Å². The van der Waals surface area contributed by atoms with E-state index in [1.165, 1.54) is 6.42 Å². The molecule has 0 radical (unpaired) electrons. The van der Waals surface area contributed by atoms with E-state index < -0.39 is 11.5 Å². The lowest BCUT2D eigenvalue weighted by molar-refractivity contribution is -0.147. The van der Waals surface area contributed by atoms with Crippen molar-refractivity contribution in [3.63, 3.8) is 0 Å². The van der Waals surface area contributed by atoms with E-state index in [9.17, 15) is 9.90 Å². The van der Waals surface area contributed by atoms with E-state index in [4.69, 9.17) is 0 Å². The van der Waals surface area contributed by atoms with Gasteiger partial charge < -0.3 is 5.11 Å². The van der Waals surface area contributed by atoms with Crippen LogP contribution in [0.5, 0.6) is 0 Å². The molecule has 15 heavy (non-hydrogen) atoms. The van der Waals surface area contributed by atoms with Crippen LogP contribution >= 0.6 is 0 Å². The standard InChI is InChI=1S/C12H21NO2/c1-2-9-5-7-12(8-6-9,11(14)15)13-10-3-4-10/h9-10,13H,2-8H2,1H3,(H,14,15). The molecule has 0 aliphatic heterocycles. The molecule has 0 amide bonds. The second kappa shape index (κ2) is 4.12. The highest BCUT2D eigenvalue weighted by atomic mass is 16.4. The molecule has 3 nitrogen and oxygen atoms in total. The number of rotatable bonds is 4. The van der Waals surface area contributed by atoms with Crippen LogP contribution in [0.25, 0.3) is 0 Å². The van der Waals surface area contributed by atoms with E-state index in [1.807, 2.05) is 0 Å². The smallest absolute Gasteiger partial charge is 0.323 e. The topological polar surface area (TPSA) is 49.3 Å². The molecule has 2 aliphatic carbocycles. The Hall–Kier alpha value is -0.570. The third-order valence-corrected chi connectivity index (χ3v) is 4.00. The highest BCUT2D eigenvalue weighted by Crippen LogP contribution is 2.36. The molecule has 3 heteroatoms. The minimum atomic E-state index is -0.635. The highest BCUT2D eigenvalue weighted by molar-refractivity contribution is 5.79. The van der Waals surface area contributed by atoms with E-state index in [-0.39, 0.29) is 0 Å². The molecule has 0 aromatic carbocycles. The molecule has 2 fully saturated rings. The SMILES string of the molecule is CCC1CCC(NC2CC2)(C(=O)O)CC1. The first-order valence-corrected chi connectivity index (χ1v) is 6.17. The number of carboxylic acid groups (broad SMARTS) is 1. The molecule has 2 rings (SSSR count). The van der Waals surface area contributed by atoms with Crippen LogP contribution in [0.3, 0.4) is 0 Å². The van der Waals surface area contributed by atoms with E-state index in [2.05, 4.69) is 12.2 Å². The van der Waals surface area contributed by atoms with E-state index >= 15 is 0 Å². The molecular formula is C12H21NO2. The predicted octanol–water partition coefficient (Wildman–Crippen LogP) is 2.16. The van der Waals surface area contributed by atoms with Crippen LogP contribution in [0.2, 0.25) is 0 Å². The summed E-state index contributed by atoms with van der Waals surface area (Å²) in [6, 6.07) is 0.485. The Morgan fingerprint density at radius 1 is 1.33 bits per heavy atom. The molecule has 2 aliphatic rings. The van der Waals surface area contributed by atoms with Crippen LogP contribution in [0.4, 0.5) is 0 Å². The third-order valence-electron chi connectivity index (χ3n) is 4.00. The molecule has 0 saturated heterocycles. The fourth-order valence-electron chi connectivity index (χ4n) is 2.62. The summed E-state index contributed by atoms with van der Waals surface area (Å²) in [7, 11) is 0. The van der Waals surface area contributed by atoms with E-state index in [0.29, 0.717) is 6.04 Å². The van der Waals surface area contributed by atoms with Gasteiger partial charge in [-0.25, -0.2) is 0 Å². The zero-order chi connectivity index (χ0) is 10.9. The largest absolute Gasteiger partial charge is 0.480 e. The van der Waals surface area contributed by atoms with Crippen molar-refractivity contribution in [3.8, 4) is 0 Å². The Kier molecular flexibility index (Phi) is 3.01. The lowest BCUT2D eigenvalue weighted by Crippen LogP contribution is -2.55. The van der Waals surface area contributed by atoms with Gasteiger partial charge in [0.15, 0.2) is 0 Å². The summed E-state index contributed by atoms with van der Waals surface area (Å²) in [4.78, 5) is 11.4. The molecule has 0 heterocycles. The predicted molar refractivity (Wildman–Crippen MR) is 58.8 cm³/mol. The van der Waals surface area contributed by atoms with Crippen LogP contribution in [0, 0.1) is 5.92 Å². The van der Waals surface area contributed by atoms with Crippen LogP contribution in [0.15, 0.2) is 0 Å². The fraction of sp³-hybridized carbons (Fsp3) is 0.917. The zero-order valence-corrected chi connectivity index (χ0v) is 9.46. The molecule has 2 saturated carbocycles. The van der Waals surface area contributed by atoms with Crippen molar-refractivity contribution in [2.75, 3.05) is 0 Å². The Morgan fingerprint density at radius 3 is 2.33 bits per heavy atom. The number of nitrogens with one attached hydrogen (secondary N) is 1. The van der Waals surface area contributed by atoms with Crippen molar-refractivity contribution >= 4 is 5.97 Å². The summed E-state index contributed by atoms with van der Waals surface area (Å²) in [5.74, 6) is 0.113. The number of aliphatic carboxylic acids is 1. The maximum Gasteiger partial charge on any atom is 0.323 e. The number of carboxylic acids is 1. The zero-order valence-electron chi connectivity index (χ0n) is 9.46. The van der Waals surface area contributed by atoms with Crippen LogP contribution in [0.1, 0.15) is 51.9 Å². The lowest BCUT2D eigenvalue weighted by Gasteiger charge is -2.37. The summed E-state index contributed by atoms with van der Waals surface area (Å²) < 4.78 is 0. The van der Waals surface area contributed by atoms with Crippen molar-refractivity contribution in [3.05, 3.63) is 0 Å². The van der Waals surface area contributed by atoms with Gasteiger partial charge >= 0.3 is 5.97 Å². The average Bonchev–Trinajstić information content (AvgIpc) is 3.02. The van der Waals surface area contributed by atoms with Gasteiger partial charge in [-0.05, 0) is 44.4 Å². The van der Waals surface area contributed by atoms with Gasteiger partial charge in [0.05, 0.1) is 0 Å². The Balaban J connectivity index is 1.97. The molecule has 86 valence electrons. The molecule has 0 atom stereocenters. The van der Waals surface area contributed by atoms with Crippen molar-refractivity contribution < 1.29 is 9.90 Å². The first kappa shape index (κ1) is 10.9. The Bertz CT molecular complexity index is 240. The van der Waals surface area contributed by atoms with Gasteiger partial charge in [-0.1, -0.05) is 13.3 Å². The van der Waals surface area contributed by atoms with Crippen LogP contribution in [-0.4, -0.2) is 22.7 Å². The highest BCUT2D eigenvalue weighted by Gasteiger charge is 2.44. The average molecular weight is 211 g/mol. The van der Waals surface area contributed by atoms with Crippen molar-refractivity contribution in [1.82, 2.24) is 5.32 Å². The number of hydrogen-bond acceptors (Lipinski definition) is 2. The summed E-state index contributed by atoms with van der Waals surface area (Å²) >= 11 is 0. The summed E-state index contributed by atoms with van der Waals surface area (Å²) in [5, 5.41) is 12.7. The minimum Gasteiger partial charge on any atom is -0.480 e. The fourth-order valence-corrected chi connectivity index (χ4v) is 2.62. The minimum absolute atomic E-state index is 0.485. The van der Waals surface area contributed by atoms with Gasteiger partial charge in [-0.2, -0.15) is 0 Å². The molecular weight excluding hydrogens is 190 g/mol. The molecule has 0 aromatic rings. The molecule has 0 aromatic heterocycles. The normalized spacial score (nSPS) is 36.5. The van der Waals surface area contributed by atoms with Gasteiger partial charge in [0, 0.05) is 6.04 Å². The molecule has 0 spiro atoms. The van der Waals surface area contributed by atoms with Gasteiger partial charge in [0.1, 0.15) is 5.54 Å². The van der Waals surface area contributed by atoms with Crippen LogP contribution in [-0.2, 0) is 4.79 Å². The van der Waals surface area contributed by atoms with Crippen molar-refractivity contribution in [1.29, 1.82) is 0 Å². The van der Waals surface area contributed by atoms with Gasteiger partial charge in [0.2, 0.25) is 0 Å². The number of hydrogen-bond donors (Lipinski definition) is 2. The van der Waals surface area contributed by atoms with E-state index in [1.54, 1.807) is 0 Å². The monoisotopic (exact) mass is 211 g/mol. The van der Waals surface area contributed by atoms with Crippen molar-refractivity contribution in [2.24, 2.45) is 5.92 Å². The number of carbonyl (C=O) groups is 1. The second-order valence-corrected chi connectivity index (χ2v) is 5.16. The maximum absolute atomic E-state index is 11.4. The van der Waals surface area contributed by atoms with Gasteiger partial charge in [-0.15, -0.1) is 0 Å². The third kappa shape index (κ3) is 2.33. The summed E-state index contributed by atoms with van der Waals surface area (Å²) in [5.41, 5.74) is -0.590. The molecule has 2 N–H and O–H groups in total. The lowest BCUT2D eigenvalue weighted by atomic mass is 9.75. The van der Waals surface area contributed by atoms with Crippen molar-refractivity contribution in [2.45, 2.75) is 63.5 Å². The Labute approximate surface area is 91.2 Å². The van der Waals surface area contributed by atoms with Gasteiger partial charge in [0.25, 0.3) is 0 Å². The van der Waals surface area contributed by atoms with E-state index in [0.717, 1.165) is 44.4 Å². The quantitative estimate of drug-likeness (QED) is 0.749.